The molecule has 0 spiro atoms. The molecule has 4 aromatic rings. The fraction of sp³-hybridized carbons (Fsp3) is 0.261. The highest BCUT2D eigenvalue weighted by Gasteiger charge is 2.28. The van der Waals surface area contributed by atoms with Crippen molar-refractivity contribution in [2.45, 2.75) is 26.5 Å². The number of ether oxygens (including phenoxy) is 2. The van der Waals surface area contributed by atoms with Crippen molar-refractivity contribution in [3.8, 4) is 22.8 Å². The lowest BCUT2D eigenvalue weighted by atomic mass is 10.0. The standard InChI is InChI=1S/C23H22FN5O2/c1-14-10-17(24)5-6-18(14)21-23-26-22(27-29(23)8-9-31-21)16-4-7-19(20(11-16)30-3)28-12-15(2)25-13-28/h4-7,10-13,21H,8-9H2,1-3H3. The van der Waals surface area contributed by atoms with Crippen LogP contribution in [0.2, 0.25) is 0 Å². The number of fused-ring (bicyclic) bond motifs is 1. The first-order chi connectivity index (χ1) is 15.0. The number of aromatic nitrogens is 5. The number of hydrogen-bond acceptors (Lipinski definition) is 5. The summed E-state index contributed by atoms with van der Waals surface area (Å²) in [6.07, 6.45) is 3.32. The minimum Gasteiger partial charge on any atom is -0.495 e. The van der Waals surface area contributed by atoms with Crippen LogP contribution in [0.15, 0.2) is 48.9 Å². The van der Waals surface area contributed by atoms with Crippen molar-refractivity contribution in [1.82, 2.24) is 24.3 Å². The Morgan fingerprint density at radius 1 is 1.16 bits per heavy atom. The summed E-state index contributed by atoms with van der Waals surface area (Å²) in [5, 5.41) is 4.70. The molecular weight excluding hydrogens is 397 g/mol. The molecule has 0 amide bonds. The first kappa shape index (κ1) is 19.4. The second-order valence-electron chi connectivity index (χ2n) is 7.58. The third kappa shape index (κ3) is 3.48. The third-order valence-corrected chi connectivity index (χ3v) is 5.46. The summed E-state index contributed by atoms with van der Waals surface area (Å²) in [6.45, 7) is 4.94. The maximum absolute atomic E-state index is 13.6. The first-order valence-corrected chi connectivity index (χ1v) is 10.1. The number of nitrogens with zero attached hydrogens (tertiary/aromatic N) is 5. The van der Waals surface area contributed by atoms with Gasteiger partial charge in [-0.1, -0.05) is 6.07 Å². The lowest BCUT2D eigenvalue weighted by molar-refractivity contribution is 0.0386. The summed E-state index contributed by atoms with van der Waals surface area (Å²) in [5.74, 6) is 1.74. The molecule has 1 aliphatic rings. The van der Waals surface area contributed by atoms with E-state index in [0.29, 0.717) is 30.5 Å². The molecule has 0 saturated carbocycles. The van der Waals surface area contributed by atoms with Crippen molar-refractivity contribution >= 4 is 0 Å². The fourth-order valence-electron chi connectivity index (χ4n) is 3.91. The Bertz CT molecular complexity index is 1260. The molecule has 0 N–H and O–H groups in total. The average Bonchev–Trinajstić information content (AvgIpc) is 3.39. The van der Waals surface area contributed by atoms with E-state index in [1.807, 2.05) is 47.5 Å². The molecule has 0 radical (unpaired) electrons. The molecule has 5 rings (SSSR count). The van der Waals surface area contributed by atoms with Gasteiger partial charge in [0.1, 0.15) is 17.7 Å². The van der Waals surface area contributed by atoms with Gasteiger partial charge in [-0.25, -0.2) is 19.0 Å². The van der Waals surface area contributed by atoms with Gasteiger partial charge >= 0.3 is 0 Å². The summed E-state index contributed by atoms with van der Waals surface area (Å²) < 4.78 is 29.0. The van der Waals surface area contributed by atoms with E-state index in [1.54, 1.807) is 19.5 Å². The summed E-state index contributed by atoms with van der Waals surface area (Å²) >= 11 is 0. The molecule has 2 aromatic carbocycles. The molecule has 1 atom stereocenters. The van der Waals surface area contributed by atoms with Crippen LogP contribution < -0.4 is 4.74 Å². The van der Waals surface area contributed by atoms with Gasteiger partial charge in [0, 0.05) is 11.8 Å². The zero-order valence-corrected chi connectivity index (χ0v) is 17.5. The lowest BCUT2D eigenvalue weighted by Crippen LogP contribution is -2.24. The number of imidazole rings is 1. The highest BCUT2D eigenvalue weighted by atomic mass is 19.1. The van der Waals surface area contributed by atoms with E-state index in [2.05, 4.69) is 4.98 Å². The highest BCUT2D eigenvalue weighted by molar-refractivity contribution is 5.63. The van der Waals surface area contributed by atoms with Crippen molar-refractivity contribution < 1.29 is 13.9 Å². The van der Waals surface area contributed by atoms with Gasteiger partial charge in [-0.15, -0.1) is 0 Å². The Hall–Kier alpha value is -3.52. The number of rotatable bonds is 4. The topological polar surface area (TPSA) is 67.0 Å². The molecule has 7 nitrogen and oxygen atoms in total. The molecule has 2 aromatic heterocycles. The second-order valence-corrected chi connectivity index (χ2v) is 7.58. The quantitative estimate of drug-likeness (QED) is 0.500. The smallest absolute Gasteiger partial charge is 0.181 e. The van der Waals surface area contributed by atoms with Crippen molar-refractivity contribution in [3.63, 3.8) is 0 Å². The van der Waals surface area contributed by atoms with E-state index in [-0.39, 0.29) is 11.9 Å². The lowest BCUT2D eigenvalue weighted by Gasteiger charge is -2.24. The summed E-state index contributed by atoms with van der Waals surface area (Å²) in [4.78, 5) is 9.07. The Labute approximate surface area is 179 Å². The van der Waals surface area contributed by atoms with Gasteiger partial charge in [0.15, 0.2) is 11.6 Å². The van der Waals surface area contributed by atoms with Gasteiger partial charge < -0.3 is 14.0 Å². The zero-order valence-electron chi connectivity index (χ0n) is 17.5. The van der Waals surface area contributed by atoms with Gasteiger partial charge in [0.2, 0.25) is 0 Å². The largest absolute Gasteiger partial charge is 0.495 e. The van der Waals surface area contributed by atoms with Crippen LogP contribution in [0.1, 0.15) is 28.7 Å². The summed E-state index contributed by atoms with van der Waals surface area (Å²) in [6, 6.07) is 10.6. The van der Waals surface area contributed by atoms with Crippen LogP contribution in [0.4, 0.5) is 4.39 Å². The number of hydrogen-bond donors (Lipinski definition) is 0. The maximum atomic E-state index is 13.6. The van der Waals surface area contributed by atoms with Gasteiger partial charge in [-0.05, 0) is 55.3 Å². The molecule has 1 aliphatic heterocycles. The van der Waals surface area contributed by atoms with E-state index < -0.39 is 0 Å². The van der Waals surface area contributed by atoms with Gasteiger partial charge in [0.05, 0.1) is 38.0 Å². The Kier molecular flexibility index (Phi) is 4.78. The molecule has 0 saturated heterocycles. The molecule has 31 heavy (non-hydrogen) atoms. The van der Waals surface area contributed by atoms with Crippen molar-refractivity contribution in [3.05, 3.63) is 77.4 Å². The van der Waals surface area contributed by atoms with Gasteiger partial charge in [0.25, 0.3) is 0 Å². The van der Waals surface area contributed by atoms with Crippen LogP contribution in [0.3, 0.4) is 0 Å². The van der Waals surface area contributed by atoms with Crippen molar-refractivity contribution in [2.75, 3.05) is 13.7 Å². The van der Waals surface area contributed by atoms with E-state index in [0.717, 1.165) is 28.1 Å². The highest BCUT2D eigenvalue weighted by Crippen LogP contribution is 2.33. The van der Waals surface area contributed by atoms with Crippen LogP contribution >= 0.6 is 0 Å². The Morgan fingerprint density at radius 3 is 2.77 bits per heavy atom. The predicted octanol–water partition coefficient (Wildman–Crippen LogP) is 4.01. The molecule has 1 unspecified atom stereocenters. The van der Waals surface area contributed by atoms with E-state index >= 15 is 0 Å². The summed E-state index contributed by atoms with van der Waals surface area (Å²) in [7, 11) is 1.64. The third-order valence-electron chi connectivity index (χ3n) is 5.46. The first-order valence-electron chi connectivity index (χ1n) is 10.1. The number of halogens is 1. The van der Waals surface area contributed by atoms with Gasteiger partial charge in [-0.3, -0.25) is 0 Å². The number of methoxy groups -OCH3 is 1. The average molecular weight is 419 g/mol. The monoisotopic (exact) mass is 419 g/mol. The van der Waals surface area contributed by atoms with Crippen LogP contribution in [-0.4, -0.2) is 38.0 Å². The Morgan fingerprint density at radius 2 is 2.03 bits per heavy atom. The molecule has 8 heteroatoms. The van der Waals surface area contributed by atoms with E-state index in [4.69, 9.17) is 19.6 Å². The molecule has 0 fully saturated rings. The molecule has 0 bridgehead atoms. The summed E-state index contributed by atoms with van der Waals surface area (Å²) in [5.41, 5.74) is 4.37. The fourth-order valence-corrected chi connectivity index (χ4v) is 3.91. The molecule has 158 valence electrons. The van der Waals surface area contributed by atoms with E-state index in [9.17, 15) is 4.39 Å². The van der Waals surface area contributed by atoms with Crippen LogP contribution in [0, 0.1) is 19.7 Å². The van der Waals surface area contributed by atoms with Crippen LogP contribution in [0.5, 0.6) is 5.75 Å². The van der Waals surface area contributed by atoms with Crippen LogP contribution in [0.25, 0.3) is 17.1 Å². The van der Waals surface area contributed by atoms with E-state index in [1.165, 1.54) is 12.1 Å². The molecule has 0 aliphatic carbocycles. The van der Waals surface area contributed by atoms with Crippen molar-refractivity contribution in [1.29, 1.82) is 0 Å². The zero-order chi connectivity index (χ0) is 21.5. The second kappa shape index (κ2) is 7.63. The SMILES string of the molecule is COc1cc(-c2nc3n(n2)CCOC3c2ccc(F)cc2C)ccc1-n1cnc(C)c1. The normalized spacial score (nSPS) is 15.7. The molecule has 3 heterocycles. The predicted molar refractivity (Wildman–Crippen MR) is 113 cm³/mol. The Balaban J connectivity index is 1.53. The number of aryl methyl sites for hydroxylation is 2. The maximum Gasteiger partial charge on any atom is 0.181 e. The van der Waals surface area contributed by atoms with Crippen molar-refractivity contribution in [2.24, 2.45) is 0 Å². The van der Waals surface area contributed by atoms with Crippen LogP contribution in [-0.2, 0) is 11.3 Å². The minimum atomic E-state index is -0.384. The molecular formula is C23H22FN5O2. The minimum absolute atomic E-state index is 0.264. The van der Waals surface area contributed by atoms with Gasteiger partial charge in [-0.2, -0.15) is 5.10 Å². The number of benzene rings is 2.